The zero-order valence-corrected chi connectivity index (χ0v) is 10.1. The third-order valence-electron chi connectivity index (χ3n) is 2.94. The van der Waals surface area contributed by atoms with Crippen molar-refractivity contribution >= 4 is 18.3 Å². The van der Waals surface area contributed by atoms with E-state index in [-0.39, 0.29) is 30.8 Å². The predicted octanol–water partition coefficient (Wildman–Crippen LogP) is 1.35. The van der Waals surface area contributed by atoms with Crippen molar-refractivity contribution in [3.05, 3.63) is 0 Å². The van der Waals surface area contributed by atoms with Crippen molar-refractivity contribution in [3.63, 3.8) is 0 Å². The van der Waals surface area contributed by atoms with Crippen molar-refractivity contribution in [2.45, 2.75) is 38.9 Å². The number of likely N-dealkylation sites (tertiary alicyclic amines) is 1. The van der Waals surface area contributed by atoms with Crippen LogP contribution in [0.5, 0.6) is 0 Å². The molecule has 1 aliphatic heterocycles. The number of rotatable bonds is 2. The zero-order chi connectivity index (χ0) is 10.7. The van der Waals surface area contributed by atoms with Gasteiger partial charge >= 0.3 is 0 Å². The summed E-state index contributed by atoms with van der Waals surface area (Å²) < 4.78 is 13.3. The Labute approximate surface area is 96.6 Å². The number of nitrogens with two attached hydrogens (primary N) is 1. The highest BCUT2D eigenvalue weighted by Crippen LogP contribution is 2.20. The summed E-state index contributed by atoms with van der Waals surface area (Å²) in [7, 11) is 0. The first kappa shape index (κ1) is 14.6. The second-order valence-corrected chi connectivity index (χ2v) is 4.08. The van der Waals surface area contributed by atoms with E-state index in [9.17, 15) is 9.18 Å². The number of amides is 1. The van der Waals surface area contributed by atoms with Crippen LogP contribution in [-0.2, 0) is 4.79 Å². The van der Waals surface area contributed by atoms with Gasteiger partial charge in [0.2, 0.25) is 5.91 Å². The molecule has 3 nitrogen and oxygen atoms in total. The second kappa shape index (κ2) is 6.28. The largest absolute Gasteiger partial charge is 0.338 e. The fraction of sp³-hybridized carbons (Fsp3) is 0.900. The van der Waals surface area contributed by atoms with Crippen LogP contribution in [0.1, 0.15) is 26.7 Å². The number of halogens is 2. The standard InChI is InChI=1S/C10H19FN2O.ClH/c1-3-9(12)10(14)13-5-4-7(2)8(11)6-13;/h7-9H,3-6,12H2,1-2H3;1H/t7?,8?,9-;/m1./s1. The van der Waals surface area contributed by atoms with Crippen LogP contribution in [0.25, 0.3) is 0 Å². The Bertz CT molecular complexity index is 216. The highest BCUT2D eigenvalue weighted by molar-refractivity contribution is 5.85. The Kier molecular flexibility index (Phi) is 6.13. The molecule has 0 saturated carbocycles. The normalized spacial score (nSPS) is 28.1. The van der Waals surface area contributed by atoms with Crippen molar-refractivity contribution in [1.82, 2.24) is 4.90 Å². The molecule has 15 heavy (non-hydrogen) atoms. The van der Waals surface area contributed by atoms with Gasteiger partial charge in [0.15, 0.2) is 0 Å². The van der Waals surface area contributed by atoms with E-state index in [2.05, 4.69) is 0 Å². The summed E-state index contributed by atoms with van der Waals surface area (Å²) in [5.41, 5.74) is 5.61. The lowest BCUT2D eigenvalue weighted by Gasteiger charge is -2.34. The van der Waals surface area contributed by atoms with E-state index in [0.29, 0.717) is 13.0 Å². The second-order valence-electron chi connectivity index (χ2n) is 4.08. The molecule has 0 aliphatic carbocycles. The quantitative estimate of drug-likeness (QED) is 0.790. The van der Waals surface area contributed by atoms with Gasteiger partial charge in [0.05, 0.1) is 12.6 Å². The first-order valence-electron chi connectivity index (χ1n) is 5.24. The van der Waals surface area contributed by atoms with E-state index in [0.717, 1.165) is 6.42 Å². The average Bonchev–Trinajstić information content (AvgIpc) is 2.20. The molecule has 0 aromatic carbocycles. The third-order valence-corrected chi connectivity index (χ3v) is 2.94. The smallest absolute Gasteiger partial charge is 0.239 e. The lowest BCUT2D eigenvalue weighted by Crippen LogP contribution is -2.50. The summed E-state index contributed by atoms with van der Waals surface area (Å²) in [6.45, 7) is 4.61. The van der Waals surface area contributed by atoms with Gasteiger partial charge in [-0.05, 0) is 18.8 Å². The van der Waals surface area contributed by atoms with E-state index in [1.54, 1.807) is 4.90 Å². The van der Waals surface area contributed by atoms with Gasteiger partial charge in [0.25, 0.3) is 0 Å². The molecule has 1 amide bonds. The van der Waals surface area contributed by atoms with Crippen LogP contribution < -0.4 is 5.73 Å². The molecule has 0 aromatic rings. The number of piperidine rings is 1. The molecule has 0 spiro atoms. The Morgan fingerprint density at radius 1 is 1.67 bits per heavy atom. The van der Waals surface area contributed by atoms with Gasteiger partial charge in [0.1, 0.15) is 6.17 Å². The topological polar surface area (TPSA) is 46.3 Å². The maximum Gasteiger partial charge on any atom is 0.239 e. The molecule has 1 heterocycles. The molecular weight excluding hydrogens is 219 g/mol. The van der Waals surface area contributed by atoms with Crippen LogP contribution in [0.3, 0.4) is 0 Å². The number of alkyl halides is 1. The highest BCUT2D eigenvalue weighted by atomic mass is 35.5. The molecule has 3 atom stereocenters. The summed E-state index contributed by atoms with van der Waals surface area (Å²) >= 11 is 0. The molecular formula is C10H20ClFN2O. The number of hydrogen-bond donors (Lipinski definition) is 1. The molecule has 0 bridgehead atoms. The average molecular weight is 239 g/mol. The monoisotopic (exact) mass is 238 g/mol. The van der Waals surface area contributed by atoms with Gasteiger partial charge in [-0.25, -0.2) is 4.39 Å². The Morgan fingerprint density at radius 2 is 2.27 bits per heavy atom. The number of hydrogen-bond acceptors (Lipinski definition) is 2. The fourth-order valence-electron chi connectivity index (χ4n) is 1.63. The summed E-state index contributed by atoms with van der Waals surface area (Å²) in [5, 5.41) is 0. The van der Waals surface area contributed by atoms with Crippen molar-refractivity contribution < 1.29 is 9.18 Å². The van der Waals surface area contributed by atoms with Crippen LogP contribution in [0.15, 0.2) is 0 Å². The number of nitrogens with zero attached hydrogens (tertiary/aromatic N) is 1. The SMILES string of the molecule is CC[C@@H](N)C(=O)N1CCC(C)C(F)C1.Cl. The Balaban J connectivity index is 0.00000196. The first-order chi connectivity index (χ1) is 6.56. The molecule has 5 heteroatoms. The number of carbonyl (C=O) groups excluding carboxylic acids is 1. The van der Waals surface area contributed by atoms with E-state index >= 15 is 0 Å². The van der Waals surface area contributed by atoms with E-state index in [4.69, 9.17) is 5.73 Å². The van der Waals surface area contributed by atoms with E-state index in [1.165, 1.54) is 0 Å². The Hall–Kier alpha value is -0.350. The van der Waals surface area contributed by atoms with Gasteiger partial charge in [0, 0.05) is 6.54 Å². The molecule has 1 saturated heterocycles. The predicted molar refractivity (Wildman–Crippen MR) is 60.8 cm³/mol. The van der Waals surface area contributed by atoms with Crippen molar-refractivity contribution in [3.8, 4) is 0 Å². The minimum atomic E-state index is -0.892. The van der Waals surface area contributed by atoms with Gasteiger partial charge < -0.3 is 10.6 Å². The van der Waals surface area contributed by atoms with Gasteiger partial charge in [-0.3, -0.25) is 4.79 Å². The summed E-state index contributed by atoms with van der Waals surface area (Å²) in [6, 6.07) is -0.462. The van der Waals surface area contributed by atoms with Crippen molar-refractivity contribution in [2.75, 3.05) is 13.1 Å². The molecule has 0 aromatic heterocycles. The van der Waals surface area contributed by atoms with E-state index < -0.39 is 12.2 Å². The summed E-state index contributed by atoms with van der Waals surface area (Å²) in [4.78, 5) is 13.2. The van der Waals surface area contributed by atoms with Crippen LogP contribution in [-0.4, -0.2) is 36.1 Å². The van der Waals surface area contributed by atoms with Crippen LogP contribution >= 0.6 is 12.4 Å². The molecule has 1 rings (SSSR count). The Morgan fingerprint density at radius 3 is 2.73 bits per heavy atom. The number of carbonyl (C=O) groups is 1. The molecule has 0 radical (unpaired) electrons. The lowest BCUT2D eigenvalue weighted by molar-refractivity contribution is -0.135. The third kappa shape index (κ3) is 3.61. The van der Waals surface area contributed by atoms with Gasteiger partial charge in [-0.2, -0.15) is 0 Å². The summed E-state index contributed by atoms with van der Waals surface area (Å²) in [6.07, 6.45) is 0.460. The molecule has 2 unspecified atom stereocenters. The maximum absolute atomic E-state index is 13.3. The highest BCUT2D eigenvalue weighted by Gasteiger charge is 2.30. The van der Waals surface area contributed by atoms with Crippen LogP contribution in [0, 0.1) is 5.92 Å². The first-order valence-corrected chi connectivity index (χ1v) is 5.24. The minimum absolute atomic E-state index is 0. The van der Waals surface area contributed by atoms with E-state index in [1.807, 2.05) is 13.8 Å². The molecule has 1 fully saturated rings. The summed E-state index contributed by atoms with van der Waals surface area (Å²) in [5.74, 6) is -0.0426. The van der Waals surface area contributed by atoms with Gasteiger partial charge in [-0.1, -0.05) is 13.8 Å². The molecule has 90 valence electrons. The zero-order valence-electron chi connectivity index (χ0n) is 9.28. The fourth-order valence-corrected chi connectivity index (χ4v) is 1.63. The minimum Gasteiger partial charge on any atom is -0.338 e. The molecule has 2 N–H and O–H groups in total. The van der Waals surface area contributed by atoms with Crippen LogP contribution in [0.4, 0.5) is 4.39 Å². The van der Waals surface area contributed by atoms with Crippen molar-refractivity contribution in [2.24, 2.45) is 11.7 Å². The van der Waals surface area contributed by atoms with Crippen LogP contribution in [0.2, 0.25) is 0 Å². The van der Waals surface area contributed by atoms with Gasteiger partial charge in [-0.15, -0.1) is 12.4 Å². The maximum atomic E-state index is 13.3. The van der Waals surface area contributed by atoms with Crippen molar-refractivity contribution in [1.29, 1.82) is 0 Å². The molecule has 1 aliphatic rings. The lowest BCUT2D eigenvalue weighted by atomic mass is 9.96.